The Balaban J connectivity index is 1.37. The lowest BCUT2D eigenvalue weighted by atomic mass is 9.99. The summed E-state index contributed by atoms with van der Waals surface area (Å²) in [4.78, 5) is 17.0. The van der Waals surface area contributed by atoms with Crippen molar-refractivity contribution in [3.8, 4) is 0 Å². The molecule has 4 rings (SSSR count). The molecule has 154 valence electrons. The van der Waals surface area contributed by atoms with Crippen LogP contribution in [0.5, 0.6) is 0 Å². The first kappa shape index (κ1) is 20.1. The summed E-state index contributed by atoms with van der Waals surface area (Å²) < 4.78 is 14.0. The van der Waals surface area contributed by atoms with Crippen LogP contribution in [0.2, 0.25) is 0 Å². The number of rotatable bonds is 6. The topological polar surface area (TPSA) is 35.6 Å². The van der Waals surface area contributed by atoms with Gasteiger partial charge in [0.15, 0.2) is 0 Å². The van der Waals surface area contributed by atoms with Crippen LogP contribution in [-0.2, 0) is 4.79 Å². The maximum atomic E-state index is 14.0. The van der Waals surface area contributed by atoms with Gasteiger partial charge >= 0.3 is 0 Å². The van der Waals surface area contributed by atoms with Crippen LogP contribution in [0.1, 0.15) is 17.2 Å². The van der Waals surface area contributed by atoms with Crippen molar-refractivity contribution in [2.24, 2.45) is 0 Å². The summed E-state index contributed by atoms with van der Waals surface area (Å²) in [6.07, 6.45) is 0. The molecule has 30 heavy (non-hydrogen) atoms. The molecule has 1 aliphatic heterocycles. The van der Waals surface area contributed by atoms with Gasteiger partial charge in [0.25, 0.3) is 0 Å². The predicted molar refractivity (Wildman–Crippen MR) is 118 cm³/mol. The van der Waals surface area contributed by atoms with E-state index >= 15 is 0 Å². The van der Waals surface area contributed by atoms with Crippen molar-refractivity contribution in [3.05, 3.63) is 102 Å². The molecule has 3 aromatic carbocycles. The molecule has 0 saturated carbocycles. The Kier molecular flexibility index (Phi) is 6.40. The van der Waals surface area contributed by atoms with Gasteiger partial charge < -0.3 is 10.2 Å². The minimum atomic E-state index is -0.197. The van der Waals surface area contributed by atoms with Crippen molar-refractivity contribution in [2.45, 2.75) is 6.04 Å². The van der Waals surface area contributed by atoms with E-state index in [-0.39, 0.29) is 17.8 Å². The number of amides is 1. The highest BCUT2D eigenvalue weighted by atomic mass is 19.1. The second-order valence-electron chi connectivity index (χ2n) is 7.54. The number of carbonyl (C=O) groups excluding carboxylic acids is 1. The van der Waals surface area contributed by atoms with Crippen molar-refractivity contribution in [1.29, 1.82) is 0 Å². The molecule has 1 heterocycles. The third-order valence-electron chi connectivity index (χ3n) is 5.50. The van der Waals surface area contributed by atoms with E-state index in [2.05, 4.69) is 10.2 Å². The Morgan fingerprint density at radius 3 is 1.90 bits per heavy atom. The fourth-order valence-corrected chi connectivity index (χ4v) is 3.91. The van der Waals surface area contributed by atoms with E-state index in [0.717, 1.165) is 24.2 Å². The second kappa shape index (κ2) is 9.55. The maximum absolute atomic E-state index is 14.0. The highest BCUT2D eigenvalue weighted by Gasteiger charge is 2.22. The first-order valence-electron chi connectivity index (χ1n) is 10.3. The molecule has 1 saturated heterocycles. The summed E-state index contributed by atoms with van der Waals surface area (Å²) in [6, 6.07) is 26.7. The lowest BCUT2D eigenvalue weighted by Gasteiger charge is -2.36. The summed E-state index contributed by atoms with van der Waals surface area (Å²) in [7, 11) is 0. The van der Waals surface area contributed by atoms with Gasteiger partial charge in [-0.15, -0.1) is 0 Å². The number of piperazine rings is 1. The summed E-state index contributed by atoms with van der Waals surface area (Å²) in [5, 5.41) is 3.19. The first-order chi connectivity index (χ1) is 14.7. The van der Waals surface area contributed by atoms with Crippen LogP contribution in [0.4, 0.5) is 10.1 Å². The Hall–Kier alpha value is -3.18. The SMILES string of the molecule is O=C(CN1CCN(c2ccccc2F)CC1)NC(c1ccccc1)c1ccccc1. The van der Waals surface area contributed by atoms with Gasteiger partial charge in [0.05, 0.1) is 18.3 Å². The number of nitrogens with zero attached hydrogens (tertiary/aromatic N) is 2. The van der Waals surface area contributed by atoms with Gasteiger partial charge in [-0.2, -0.15) is 0 Å². The molecule has 1 amide bonds. The quantitative estimate of drug-likeness (QED) is 0.679. The molecule has 1 aliphatic rings. The zero-order chi connectivity index (χ0) is 20.8. The number of carbonyl (C=O) groups is 1. The average molecular weight is 404 g/mol. The summed E-state index contributed by atoms with van der Waals surface area (Å²) in [5.74, 6) is -0.204. The van der Waals surface area contributed by atoms with Crippen molar-refractivity contribution >= 4 is 11.6 Å². The summed E-state index contributed by atoms with van der Waals surface area (Å²) >= 11 is 0. The number of nitrogens with one attached hydrogen (secondary N) is 1. The van der Waals surface area contributed by atoms with Gasteiger partial charge in [-0.3, -0.25) is 9.69 Å². The molecule has 0 unspecified atom stereocenters. The molecule has 0 spiro atoms. The molecular formula is C25H26FN3O. The smallest absolute Gasteiger partial charge is 0.234 e. The second-order valence-corrected chi connectivity index (χ2v) is 7.54. The largest absolute Gasteiger partial charge is 0.367 e. The fraction of sp³-hybridized carbons (Fsp3) is 0.240. The van der Waals surface area contributed by atoms with Crippen molar-refractivity contribution < 1.29 is 9.18 Å². The zero-order valence-electron chi connectivity index (χ0n) is 16.9. The average Bonchev–Trinajstić information content (AvgIpc) is 2.80. The number of anilines is 1. The lowest BCUT2D eigenvalue weighted by molar-refractivity contribution is -0.122. The zero-order valence-corrected chi connectivity index (χ0v) is 16.9. The number of benzene rings is 3. The van der Waals surface area contributed by atoms with Crippen LogP contribution in [-0.4, -0.2) is 43.5 Å². The van der Waals surface area contributed by atoms with E-state index in [9.17, 15) is 9.18 Å². The summed E-state index contributed by atoms with van der Waals surface area (Å²) in [5.41, 5.74) is 2.75. The third kappa shape index (κ3) is 4.86. The van der Waals surface area contributed by atoms with E-state index in [1.807, 2.05) is 77.7 Å². The molecule has 5 heteroatoms. The Morgan fingerprint density at radius 1 is 0.800 bits per heavy atom. The highest BCUT2D eigenvalue weighted by molar-refractivity contribution is 5.79. The number of para-hydroxylation sites is 1. The molecular weight excluding hydrogens is 377 g/mol. The van der Waals surface area contributed by atoms with Crippen molar-refractivity contribution in [1.82, 2.24) is 10.2 Å². The molecule has 4 nitrogen and oxygen atoms in total. The normalized spacial score (nSPS) is 14.7. The molecule has 1 N–H and O–H groups in total. The van der Waals surface area contributed by atoms with Gasteiger partial charge in [-0.1, -0.05) is 72.8 Å². The maximum Gasteiger partial charge on any atom is 0.234 e. The number of hydrogen-bond acceptors (Lipinski definition) is 3. The van der Waals surface area contributed by atoms with Crippen molar-refractivity contribution in [3.63, 3.8) is 0 Å². The van der Waals surface area contributed by atoms with E-state index in [4.69, 9.17) is 0 Å². The van der Waals surface area contributed by atoms with Gasteiger partial charge in [-0.25, -0.2) is 4.39 Å². The van der Waals surface area contributed by atoms with Crippen LogP contribution in [0.3, 0.4) is 0 Å². The Bertz CT molecular complexity index is 917. The minimum absolute atomic E-state index is 0.00736. The Morgan fingerprint density at radius 2 is 1.33 bits per heavy atom. The number of halogens is 1. The third-order valence-corrected chi connectivity index (χ3v) is 5.50. The van der Waals surface area contributed by atoms with Crippen LogP contribution < -0.4 is 10.2 Å². The monoisotopic (exact) mass is 403 g/mol. The molecule has 0 atom stereocenters. The fourth-order valence-electron chi connectivity index (χ4n) is 3.91. The van der Waals surface area contributed by atoms with Crippen LogP contribution >= 0.6 is 0 Å². The molecule has 1 fully saturated rings. The summed E-state index contributed by atoms with van der Waals surface area (Å²) in [6.45, 7) is 3.19. The molecule has 3 aromatic rings. The van der Waals surface area contributed by atoms with Crippen molar-refractivity contribution in [2.75, 3.05) is 37.6 Å². The van der Waals surface area contributed by atoms with Crippen LogP contribution in [0.25, 0.3) is 0 Å². The molecule has 0 bridgehead atoms. The molecule has 0 aromatic heterocycles. The van der Waals surface area contributed by atoms with E-state index in [1.54, 1.807) is 6.07 Å². The number of hydrogen-bond donors (Lipinski definition) is 1. The minimum Gasteiger partial charge on any atom is -0.367 e. The van der Waals surface area contributed by atoms with E-state index < -0.39 is 0 Å². The van der Waals surface area contributed by atoms with Crippen LogP contribution in [0, 0.1) is 5.82 Å². The Labute approximate surface area is 176 Å². The highest BCUT2D eigenvalue weighted by Crippen LogP contribution is 2.22. The van der Waals surface area contributed by atoms with Gasteiger partial charge in [-0.05, 0) is 23.3 Å². The van der Waals surface area contributed by atoms with E-state index in [1.165, 1.54) is 6.07 Å². The van der Waals surface area contributed by atoms with Gasteiger partial charge in [0.1, 0.15) is 5.82 Å². The molecule has 0 radical (unpaired) electrons. The molecule has 0 aliphatic carbocycles. The predicted octanol–water partition coefficient (Wildman–Crippen LogP) is 3.85. The first-order valence-corrected chi connectivity index (χ1v) is 10.3. The van der Waals surface area contributed by atoms with Gasteiger partial charge in [0, 0.05) is 26.2 Å². The lowest BCUT2D eigenvalue weighted by Crippen LogP contribution is -2.50. The van der Waals surface area contributed by atoms with Gasteiger partial charge in [0.2, 0.25) is 5.91 Å². The van der Waals surface area contributed by atoms with Crippen LogP contribution in [0.15, 0.2) is 84.9 Å². The standard InChI is InChI=1S/C25H26FN3O/c26-22-13-7-8-14-23(22)29-17-15-28(16-18-29)19-24(30)27-25(20-9-3-1-4-10-20)21-11-5-2-6-12-21/h1-14,25H,15-19H2,(H,27,30). The van der Waals surface area contributed by atoms with E-state index in [0.29, 0.717) is 25.3 Å².